The smallest absolute Gasteiger partial charge is 0.274 e. The Labute approximate surface area is 205 Å². The van der Waals surface area contributed by atoms with Gasteiger partial charge in [0.2, 0.25) is 5.91 Å². The van der Waals surface area contributed by atoms with Crippen molar-refractivity contribution < 1.29 is 4.79 Å². The topological polar surface area (TPSA) is 67.2 Å². The van der Waals surface area contributed by atoms with Crippen LogP contribution in [0.3, 0.4) is 0 Å². The number of amides is 1. The second-order valence-electron chi connectivity index (χ2n) is 10.2. The average molecular weight is 481 g/mol. The van der Waals surface area contributed by atoms with Crippen LogP contribution in [0.4, 0.5) is 0 Å². The number of fused-ring (bicyclic) bond motifs is 1. The molecule has 1 N–H and O–H groups in total. The summed E-state index contributed by atoms with van der Waals surface area (Å²) >= 11 is 6.05. The summed E-state index contributed by atoms with van der Waals surface area (Å²) in [6.45, 7) is 8.12. The Hall–Kier alpha value is -2.70. The van der Waals surface area contributed by atoms with E-state index in [0.717, 1.165) is 36.0 Å². The van der Waals surface area contributed by atoms with Crippen LogP contribution >= 0.6 is 11.6 Å². The predicted octanol–water partition coefficient (Wildman–Crippen LogP) is 4.41. The first-order valence-electron chi connectivity index (χ1n) is 12.0. The maximum Gasteiger partial charge on any atom is 0.274 e. The number of nitrogens with zero attached hydrogens (tertiary/aromatic N) is 3. The Bertz CT molecular complexity index is 1210. The number of aromatic nitrogens is 2. The van der Waals surface area contributed by atoms with Crippen LogP contribution in [0.15, 0.2) is 53.3 Å². The number of benzene rings is 2. The van der Waals surface area contributed by atoms with Gasteiger partial charge in [0, 0.05) is 41.4 Å². The van der Waals surface area contributed by atoms with Gasteiger partial charge in [0.15, 0.2) is 0 Å². The van der Waals surface area contributed by atoms with Crippen molar-refractivity contribution in [2.24, 2.45) is 0 Å². The van der Waals surface area contributed by atoms with Crippen LogP contribution < -0.4 is 10.9 Å². The minimum absolute atomic E-state index is 0.0596. The van der Waals surface area contributed by atoms with Crippen LogP contribution in [0.25, 0.3) is 10.8 Å². The summed E-state index contributed by atoms with van der Waals surface area (Å²) in [7, 11) is 0. The van der Waals surface area contributed by atoms with Crippen molar-refractivity contribution in [2.45, 2.75) is 64.6 Å². The highest BCUT2D eigenvalue weighted by Crippen LogP contribution is 2.21. The Morgan fingerprint density at radius 3 is 2.53 bits per heavy atom. The summed E-state index contributed by atoms with van der Waals surface area (Å²) in [6.07, 6.45) is 3.13. The fourth-order valence-electron chi connectivity index (χ4n) is 4.68. The van der Waals surface area contributed by atoms with E-state index < -0.39 is 0 Å². The summed E-state index contributed by atoms with van der Waals surface area (Å²) in [5.41, 5.74) is 1.68. The van der Waals surface area contributed by atoms with Gasteiger partial charge in [0.25, 0.3) is 5.56 Å². The maximum atomic E-state index is 13.3. The van der Waals surface area contributed by atoms with E-state index in [0.29, 0.717) is 36.3 Å². The first-order valence-corrected chi connectivity index (χ1v) is 12.4. The maximum absolute atomic E-state index is 13.3. The van der Waals surface area contributed by atoms with Crippen LogP contribution in [-0.4, -0.2) is 45.3 Å². The SMILES string of the molecule is CC(C)(C)NC(=O)CCN1CCC[C@@H]1Cn1nc(Cc2ccc(Cl)cc2)c2ccccc2c1=O. The monoisotopic (exact) mass is 480 g/mol. The van der Waals surface area contributed by atoms with E-state index in [9.17, 15) is 9.59 Å². The number of nitrogens with one attached hydrogen (secondary N) is 1. The molecule has 1 aromatic heterocycles. The molecule has 1 aliphatic heterocycles. The molecule has 3 aromatic rings. The standard InChI is InChI=1S/C27H33ClN4O2/c1-27(2,3)29-25(33)14-16-31-15-6-7-21(31)18-32-26(34)23-9-5-4-8-22(23)24(30-32)17-19-10-12-20(28)13-11-19/h4-5,8-13,21H,6-7,14-18H2,1-3H3,(H,29,33)/t21-/m1/s1. The first kappa shape index (κ1) is 24.4. The van der Waals surface area contributed by atoms with Gasteiger partial charge in [-0.2, -0.15) is 5.10 Å². The van der Waals surface area contributed by atoms with E-state index in [1.54, 1.807) is 4.68 Å². The number of carbonyl (C=O) groups is 1. The molecule has 7 heteroatoms. The van der Waals surface area contributed by atoms with E-state index in [2.05, 4.69) is 10.2 Å². The molecule has 0 spiro atoms. The van der Waals surface area contributed by atoms with Gasteiger partial charge in [-0.05, 0) is 63.9 Å². The zero-order valence-electron chi connectivity index (χ0n) is 20.2. The van der Waals surface area contributed by atoms with E-state index in [-0.39, 0.29) is 23.0 Å². The summed E-state index contributed by atoms with van der Waals surface area (Å²) in [5.74, 6) is 0.0596. The van der Waals surface area contributed by atoms with Crippen molar-refractivity contribution in [1.82, 2.24) is 20.0 Å². The fourth-order valence-corrected chi connectivity index (χ4v) is 4.80. The molecule has 2 aromatic carbocycles. The van der Waals surface area contributed by atoms with Crippen LogP contribution in [0, 0.1) is 0 Å². The van der Waals surface area contributed by atoms with E-state index in [1.807, 2.05) is 69.3 Å². The van der Waals surface area contributed by atoms with Crippen LogP contribution in [0.1, 0.15) is 51.3 Å². The normalized spacial score (nSPS) is 16.8. The molecule has 34 heavy (non-hydrogen) atoms. The molecule has 1 saturated heterocycles. The highest BCUT2D eigenvalue weighted by Gasteiger charge is 2.27. The molecule has 0 unspecified atom stereocenters. The Balaban J connectivity index is 1.55. The third kappa shape index (κ3) is 6.05. The zero-order chi connectivity index (χ0) is 24.3. The molecule has 180 valence electrons. The van der Waals surface area contributed by atoms with Crippen LogP contribution in [0.5, 0.6) is 0 Å². The lowest BCUT2D eigenvalue weighted by Gasteiger charge is -2.26. The number of rotatable bonds is 7. The van der Waals surface area contributed by atoms with Crippen molar-refractivity contribution in [3.8, 4) is 0 Å². The van der Waals surface area contributed by atoms with E-state index in [1.165, 1.54) is 0 Å². The van der Waals surface area contributed by atoms with Gasteiger partial charge in [0.1, 0.15) is 0 Å². The largest absolute Gasteiger partial charge is 0.351 e. The lowest BCUT2D eigenvalue weighted by molar-refractivity contribution is -0.122. The molecule has 0 saturated carbocycles. The Kier molecular flexibility index (Phi) is 7.39. The second kappa shape index (κ2) is 10.3. The summed E-state index contributed by atoms with van der Waals surface area (Å²) in [6, 6.07) is 15.6. The molecule has 0 aliphatic carbocycles. The highest BCUT2D eigenvalue weighted by atomic mass is 35.5. The number of halogens is 1. The lowest BCUT2D eigenvalue weighted by Crippen LogP contribution is -2.43. The molecule has 1 atom stereocenters. The molecule has 6 nitrogen and oxygen atoms in total. The number of likely N-dealkylation sites (tertiary alicyclic amines) is 1. The molecule has 1 fully saturated rings. The Morgan fingerprint density at radius 2 is 1.82 bits per heavy atom. The van der Waals surface area contributed by atoms with Gasteiger partial charge in [-0.25, -0.2) is 4.68 Å². The molecule has 2 heterocycles. The van der Waals surface area contributed by atoms with Crippen molar-refractivity contribution in [2.75, 3.05) is 13.1 Å². The molecular weight excluding hydrogens is 448 g/mol. The Morgan fingerprint density at radius 1 is 1.12 bits per heavy atom. The number of hydrogen-bond acceptors (Lipinski definition) is 4. The van der Waals surface area contributed by atoms with Gasteiger partial charge in [0.05, 0.1) is 17.6 Å². The average Bonchev–Trinajstić information content (AvgIpc) is 3.23. The molecule has 1 amide bonds. The summed E-state index contributed by atoms with van der Waals surface area (Å²) in [4.78, 5) is 27.9. The number of carbonyl (C=O) groups excluding carboxylic acids is 1. The van der Waals surface area contributed by atoms with Gasteiger partial charge in [-0.3, -0.25) is 14.5 Å². The molecule has 4 rings (SSSR count). The molecule has 1 aliphatic rings. The third-order valence-electron chi connectivity index (χ3n) is 6.25. The number of hydrogen-bond donors (Lipinski definition) is 1. The first-order chi connectivity index (χ1) is 16.2. The van der Waals surface area contributed by atoms with Gasteiger partial charge in [-0.15, -0.1) is 0 Å². The van der Waals surface area contributed by atoms with Gasteiger partial charge >= 0.3 is 0 Å². The van der Waals surface area contributed by atoms with E-state index in [4.69, 9.17) is 16.7 Å². The fraction of sp³-hybridized carbons (Fsp3) is 0.444. The molecule has 0 bridgehead atoms. The molecular formula is C27H33ClN4O2. The third-order valence-corrected chi connectivity index (χ3v) is 6.50. The van der Waals surface area contributed by atoms with Crippen LogP contribution in [-0.2, 0) is 17.8 Å². The van der Waals surface area contributed by atoms with Crippen molar-refractivity contribution in [3.63, 3.8) is 0 Å². The minimum atomic E-state index is -0.232. The van der Waals surface area contributed by atoms with E-state index >= 15 is 0 Å². The predicted molar refractivity (Wildman–Crippen MR) is 137 cm³/mol. The molecule has 0 radical (unpaired) electrons. The zero-order valence-corrected chi connectivity index (χ0v) is 20.9. The minimum Gasteiger partial charge on any atom is -0.351 e. The second-order valence-corrected chi connectivity index (χ2v) is 10.6. The van der Waals surface area contributed by atoms with Crippen molar-refractivity contribution >= 4 is 28.3 Å². The van der Waals surface area contributed by atoms with Gasteiger partial charge in [-0.1, -0.05) is 41.9 Å². The van der Waals surface area contributed by atoms with Gasteiger partial charge < -0.3 is 5.32 Å². The summed E-state index contributed by atoms with van der Waals surface area (Å²) in [5, 5.41) is 10.1. The van der Waals surface area contributed by atoms with Crippen LogP contribution in [0.2, 0.25) is 5.02 Å². The lowest BCUT2D eigenvalue weighted by atomic mass is 10.0. The van der Waals surface area contributed by atoms with Crippen molar-refractivity contribution in [1.29, 1.82) is 0 Å². The quantitative estimate of drug-likeness (QED) is 0.544. The van der Waals surface area contributed by atoms with Crippen molar-refractivity contribution in [3.05, 3.63) is 75.2 Å². The summed E-state index contributed by atoms with van der Waals surface area (Å²) < 4.78 is 1.63. The highest BCUT2D eigenvalue weighted by molar-refractivity contribution is 6.30.